The molecule has 0 aromatic heterocycles. The zero-order valence-electron chi connectivity index (χ0n) is 14.9. The largest absolute Gasteiger partial charge is 0.497 e. The van der Waals surface area contributed by atoms with E-state index in [1.165, 1.54) is 14.2 Å². The molecule has 0 aliphatic rings. The van der Waals surface area contributed by atoms with Gasteiger partial charge in [-0.1, -0.05) is 22.9 Å². The second kappa shape index (κ2) is 9.82. The lowest BCUT2D eigenvalue weighted by Crippen LogP contribution is -2.17. The Hall–Kier alpha value is -2.54. The molecular weight excluding hydrogens is 400 g/mol. The molecular formula is C19H21BrN2O4. The van der Waals surface area contributed by atoms with Crippen LogP contribution in [0.5, 0.6) is 17.2 Å². The quantitative estimate of drug-likeness (QED) is 0.517. The van der Waals surface area contributed by atoms with Gasteiger partial charge in [-0.2, -0.15) is 5.10 Å². The highest BCUT2D eigenvalue weighted by atomic mass is 79.9. The summed E-state index contributed by atoms with van der Waals surface area (Å²) in [6, 6.07) is 10.5. The predicted molar refractivity (Wildman–Crippen MR) is 105 cm³/mol. The van der Waals surface area contributed by atoms with E-state index in [0.717, 1.165) is 16.5 Å². The van der Waals surface area contributed by atoms with E-state index in [2.05, 4.69) is 26.5 Å². The van der Waals surface area contributed by atoms with Gasteiger partial charge < -0.3 is 14.2 Å². The molecule has 0 aliphatic carbocycles. The number of benzene rings is 2. The second-order valence-electron chi connectivity index (χ2n) is 5.33. The van der Waals surface area contributed by atoms with Crippen molar-refractivity contribution in [2.75, 3.05) is 20.8 Å². The van der Waals surface area contributed by atoms with Crippen molar-refractivity contribution in [2.24, 2.45) is 5.10 Å². The van der Waals surface area contributed by atoms with Crippen LogP contribution in [0.3, 0.4) is 0 Å². The number of hydrogen-bond acceptors (Lipinski definition) is 5. The van der Waals surface area contributed by atoms with Crippen LogP contribution in [0.4, 0.5) is 0 Å². The van der Waals surface area contributed by atoms with Crippen LogP contribution in [-0.4, -0.2) is 32.9 Å². The Labute approximate surface area is 161 Å². The molecule has 0 aliphatic heterocycles. The highest BCUT2D eigenvalue weighted by Gasteiger charge is 2.09. The first kappa shape index (κ1) is 19.8. The minimum absolute atomic E-state index is 0.371. The van der Waals surface area contributed by atoms with E-state index in [1.807, 2.05) is 25.1 Å². The summed E-state index contributed by atoms with van der Waals surface area (Å²) in [5.41, 5.74) is 3.65. The van der Waals surface area contributed by atoms with Crippen LogP contribution in [0, 0.1) is 0 Å². The summed E-state index contributed by atoms with van der Waals surface area (Å²) in [6.07, 6.45) is 2.45. The van der Waals surface area contributed by atoms with Gasteiger partial charge in [-0.25, -0.2) is 5.43 Å². The second-order valence-corrected chi connectivity index (χ2v) is 6.25. The number of hydrogen-bond donors (Lipinski definition) is 1. The van der Waals surface area contributed by atoms with Crippen molar-refractivity contribution in [1.29, 1.82) is 0 Å². The summed E-state index contributed by atoms with van der Waals surface area (Å²) >= 11 is 3.42. The van der Waals surface area contributed by atoms with E-state index in [0.29, 0.717) is 29.4 Å². The zero-order valence-corrected chi connectivity index (χ0v) is 16.5. The molecule has 0 radical (unpaired) electrons. The lowest BCUT2D eigenvalue weighted by Gasteiger charge is -2.09. The van der Waals surface area contributed by atoms with Crippen molar-refractivity contribution in [3.63, 3.8) is 0 Å². The molecule has 6 nitrogen and oxygen atoms in total. The summed E-state index contributed by atoms with van der Waals surface area (Å²) in [4.78, 5) is 12.3. The van der Waals surface area contributed by atoms with Gasteiger partial charge >= 0.3 is 0 Å². The number of rotatable bonds is 8. The summed E-state index contributed by atoms with van der Waals surface area (Å²) in [7, 11) is 3.05. The van der Waals surface area contributed by atoms with Crippen molar-refractivity contribution >= 4 is 28.1 Å². The summed E-state index contributed by atoms with van der Waals surface area (Å²) < 4.78 is 16.9. The number of ether oxygens (including phenoxy) is 3. The van der Waals surface area contributed by atoms with Crippen LogP contribution < -0.4 is 19.6 Å². The Morgan fingerprint density at radius 1 is 1.15 bits per heavy atom. The molecule has 0 saturated carbocycles. The van der Waals surface area contributed by atoms with Gasteiger partial charge in [0.05, 0.1) is 27.0 Å². The molecule has 138 valence electrons. The lowest BCUT2D eigenvalue weighted by molar-refractivity contribution is 0.0954. The highest BCUT2D eigenvalue weighted by Crippen LogP contribution is 2.23. The molecule has 2 aromatic rings. The predicted octanol–water partition coefficient (Wildman–Crippen LogP) is 4.02. The van der Waals surface area contributed by atoms with Gasteiger partial charge in [0.15, 0.2) is 0 Å². The Bertz CT molecular complexity index is 771. The summed E-state index contributed by atoms with van der Waals surface area (Å²) in [5.74, 6) is 1.39. The van der Waals surface area contributed by atoms with Crippen LogP contribution >= 0.6 is 15.9 Å². The number of nitrogens with one attached hydrogen (secondary N) is 1. The van der Waals surface area contributed by atoms with Gasteiger partial charge in [0.2, 0.25) is 0 Å². The SMILES string of the molecule is CCCOc1ccc(Br)cc1/C=N\NC(=O)c1cc(OC)cc(OC)c1. The van der Waals surface area contributed by atoms with E-state index >= 15 is 0 Å². The molecule has 0 spiro atoms. The van der Waals surface area contributed by atoms with Gasteiger partial charge in [0, 0.05) is 21.7 Å². The van der Waals surface area contributed by atoms with E-state index in [-0.39, 0.29) is 5.91 Å². The Balaban J connectivity index is 2.13. The third-order valence-electron chi connectivity index (χ3n) is 3.42. The third kappa shape index (κ3) is 5.49. The monoisotopic (exact) mass is 420 g/mol. The van der Waals surface area contributed by atoms with Gasteiger partial charge in [-0.3, -0.25) is 4.79 Å². The average molecular weight is 421 g/mol. The maximum atomic E-state index is 12.3. The number of carbonyl (C=O) groups excluding carboxylic acids is 1. The molecule has 0 heterocycles. The number of carbonyl (C=O) groups is 1. The Kier molecular flexibility index (Phi) is 7.47. The Morgan fingerprint density at radius 2 is 1.85 bits per heavy atom. The van der Waals surface area contributed by atoms with Gasteiger partial charge in [-0.05, 0) is 36.8 Å². The molecule has 0 saturated heterocycles. The summed E-state index contributed by atoms with van der Waals surface area (Å²) in [5, 5.41) is 4.03. The van der Waals surface area contributed by atoms with Gasteiger partial charge in [-0.15, -0.1) is 0 Å². The first-order valence-electron chi connectivity index (χ1n) is 8.06. The van der Waals surface area contributed by atoms with Crippen molar-refractivity contribution in [2.45, 2.75) is 13.3 Å². The molecule has 2 rings (SSSR count). The van der Waals surface area contributed by atoms with Gasteiger partial charge in [0.25, 0.3) is 5.91 Å². The molecule has 7 heteroatoms. The molecule has 26 heavy (non-hydrogen) atoms. The normalized spacial score (nSPS) is 10.6. The number of amides is 1. The van der Waals surface area contributed by atoms with Crippen LogP contribution in [0.2, 0.25) is 0 Å². The van der Waals surface area contributed by atoms with Crippen molar-refractivity contribution < 1.29 is 19.0 Å². The van der Waals surface area contributed by atoms with E-state index in [9.17, 15) is 4.79 Å². The summed E-state index contributed by atoms with van der Waals surface area (Å²) in [6.45, 7) is 2.65. The van der Waals surface area contributed by atoms with E-state index in [4.69, 9.17) is 14.2 Å². The Morgan fingerprint density at radius 3 is 2.46 bits per heavy atom. The lowest BCUT2D eigenvalue weighted by atomic mass is 10.2. The van der Waals surface area contributed by atoms with Crippen molar-refractivity contribution in [3.05, 3.63) is 52.0 Å². The first-order valence-corrected chi connectivity index (χ1v) is 8.85. The van der Waals surface area contributed by atoms with Crippen LogP contribution in [0.25, 0.3) is 0 Å². The smallest absolute Gasteiger partial charge is 0.271 e. The maximum Gasteiger partial charge on any atom is 0.271 e. The molecule has 0 bridgehead atoms. The first-order chi connectivity index (χ1) is 12.6. The topological polar surface area (TPSA) is 69.2 Å². The van der Waals surface area contributed by atoms with Gasteiger partial charge in [0.1, 0.15) is 17.2 Å². The number of hydrazone groups is 1. The van der Waals surface area contributed by atoms with Crippen LogP contribution in [0.15, 0.2) is 46.0 Å². The maximum absolute atomic E-state index is 12.3. The third-order valence-corrected chi connectivity index (χ3v) is 3.91. The fraction of sp³-hybridized carbons (Fsp3) is 0.263. The van der Waals surface area contributed by atoms with Crippen LogP contribution in [-0.2, 0) is 0 Å². The highest BCUT2D eigenvalue weighted by molar-refractivity contribution is 9.10. The molecule has 0 unspecified atom stereocenters. The fourth-order valence-corrected chi connectivity index (χ4v) is 2.51. The van der Waals surface area contributed by atoms with E-state index in [1.54, 1.807) is 24.4 Å². The molecule has 2 aromatic carbocycles. The van der Waals surface area contributed by atoms with E-state index < -0.39 is 0 Å². The standard InChI is InChI=1S/C19H21BrN2O4/c1-4-7-26-18-6-5-15(20)8-14(18)12-21-22-19(23)13-9-16(24-2)11-17(10-13)25-3/h5-6,8-12H,4,7H2,1-3H3,(H,22,23)/b21-12-. The number of nitrogens with zero attached hydrogens (tertiary/aromatic N) is 1. The van der Waals surface area contributed by atoms with Crippen molar-refractivity contribution in [3.8, 4) is 17.2 Å². The average Bonchev–Trinajstić information content (AvgIpc) is 2.66. The minimum Gasteiger partial charge on any atom is -0.497 e. The number of methoxy groups -OCH3 is 2. The molecule has 0 atom stereocenters. The number of halogens is 1. The molecule has 0 fully saturated rings. The zero-order chi connectivity index (χ0) is 18.9. The van der Waals surface area contributed by atoms with Crippen LogP contribution in [0.1, 0.15) is 29.3 Å². The molecule has 1 N–H and O–H groups in total. The fourth-order valence-electron chi connectivity index (χ4n) is 2.13. The van der Waals surface area contributed by atoms with Crippen molar-refractivity contribution in [1.82, 2.24) is 5.43 Å². The minimum atomic E-state index is -0.371. The molecule has 1 amide bonds.